The molecule has 0 radical (unpaired) electrons. The molecule has 0 spiro atoms. The molecule has 0 amide bonds. The Bertz CT molecular complexity index is 498. The van der Waals surface area contributed by atoms with Gasteiger partial charge in [0, 0.05) is 15.7 Å². The third-order valence-electron chi connectivity index (χ3n) is 2.35. The van der Waals surface area contributed by atoms with Gasteiger partial charge in [0.25, 0.3) is 9.05 Å². The van der Waals surface area contributed by atoms with Gasteiger partial charge in [0.05, 0.1) is 6.61 Å². The zero-order chi connectivity index (χ0) is 13.8. The summed E-state index contributed by atoms with van der Waals surface area (Å²) in [5, 5.41) is 0.309. The average molecular weight is 311 g/mol. The Morgan fingerprint density at radius 1 is 1.33 bits per heavy atom. The summed E-state index contributed by atoms with van der Waals surface area (Å²) < 4.78 is 28.2. The monoisotopic (exact) mass is 310 g/mol. The molecule has 0 aliphatic heterocycles. The molecule has 1 aromatic carbocycles. The second-order valence-corrected chi connectivity index (χ2v) is 7.38. The van der Waals surface area contributed by atoms with Gasteiger partial charge >= 0.3 is 0 Å². The second kappa shape index (κ2) is 6.64. The summed E-state index contributed by atoms with van der Waals surface area (Å²) in [7, 11) is 1.49. The third kappa shape index (κ3) is 5.04. The highest BCUT2D eigenvalue weighted by atomic mass is 35.7. The summed E-state index contributed by atoms with van der Waals surface area (Å²) in [6.07, 6.45) is 1.89. The lowest BCUT2D eigenvalue weighted by molar-refractivity contribution is 0.291. The lowest BCUT2D eigenvalue weighted by Gasteiger charge is -2.10. The highest BCUT2D eigenvalue weighted by Gasteiger charge is 2.17. The van der Waals surface area contributed by atoms with Gasteiger partial charge in [0.15, 0.2) is 0 Å². The van der Waals surface area contributed by atoms with Crippen LogP contribution in [0.2, 0.25) is 5.02 Å². The normalized spacial score (nSPS) is 11.8. The van der Waals surface area contributed by atoms with Gasteiger partial charge in [-0.05, 0) is 37.0 Å². The Hall–Kier alpha value is -0.450. The van der Waals surface area contributed by atoms with Crippen molar-refractivity contribution < 1.29 is 13.2 Å². The topological polar surface area (TPSA) is 43.4 Å². The van der Waals surface area contributed by atoms with E-state index < -0.39 is 9.05 Å². The van der Waals surface area contributed by atoms with Crippen LogP contribution >= 0.6 is 22.3 Å². The van der Waals surface area contributed by atoms with Gasteiger partial charge in [0.1, 0.15) is 10.6 Å². The van der Waals surface area contributed by atoms with E-state index >= 15 is 0 Å². The minimum atomic E-state index is -3.85. The number of benzene rings is 1. The van der Waals surface area contributed by atoms with E-state index in [4.69, 9.17) is 27.0 Å². The van der Waals surface area contributed by atoms with Crippen LogP contribution in [0.4, 0.5) is 0 Å². The van der Waals surface area contributed by atoms with Crippen molar-refractivity contribution in [2.75, 3.05) is 6.61 Å². The van der Waals surface area contributed by atoms with Crippen LogP contribution in [-0.2, 0) is 9.05 Å². The Kier molecular flexibility index (Phi) is 5.76. The van der Waals surface area contributed by atoms with Crippen LogP contribution in [0.1, 0.15) is 26.7 Å². The lowest BCUT2D eigenvalue weighted by Crippen LogP contribution is -2.03. The second-order valence-electron chi connectivity index (χ2n) is 4.41. The first-order valence-corrected chi connectivity index (χ1v) is 8.36. The van der Waals surface area contributed by atoms with Crippen LogP contribution in [0.15, 0.2) is 23.1 Å². The molecule has 18 heavy (non-hydrogen) atoms. The molecule has 1 aromatic rings. The Morgan fingerprint density at radius 2 is 2.00 bits per heavy atom. The summed E-state index contributed by atoms with van der Waals surface area (Å²) in [4.78, 5) is -0.0822. The molecular weight excluding hydrogens is 295 g/mol. The standard InChI is InChI=1S/C12H16Cl2O3S/c1-9(2)4-3-7-17-11-6-5-10(13)8-12(11)18(14,15)16/h5-6,8-9H,3-4,7H2,1-2H3. The molecule has 102 valence electrons. The molecule has 3 nitrogen and oxygen atoms in total. The maximum atomic E-state index is 11.4. The largest absolute Gasteiger partial charge is 0.492 e. The van der Waals surface area contributed by atoms with E-state index in [0.29, 0.717) is 17.5 Å². The maximum absolute atomic E-state index is 11.4. The van der Waals surface area contributed by atoms with Crippen molar-refractivity contribution in [1.29, 1.82) is 0 Å². The van der Waals surface area contributed by atoms with Crippen molar-refractivity contribution >= 4 is 31.3 Å². The first kappa shape index (κ1) is 15.6. The molecule has 0 bridgehead atoms. The predicted molar refractivity (Wildman–Crippen MR) is 74.1 cm³/mol. The minimum absolute atomic E-state index is 0.0822. The number of hydrogen-bond acceptors (Lipinski definition) is 3. The average Bonchev–Trinajstić information content (AvgIpc) is 2.24. The molecule has 0 saturated heterocycles. The van der Waals surface area contributed by atoms with E-state index in [1.54, 1.807) is 6.07 Å². The van der Waals surface area contributed by atoms with Gasteiger partial charge in [-0.1, -0.05) is 25.4 Å². The molecule has 0 heterocycles. The van der Waals surface area contributed by atoms with E-state index in [0.717, 1.165) is 12.8 Å². The summed E-state index contributed by atoms with van der Waals surface area (Å²) in [6, 6.07) is 4.39. The third-order valence-corrected chi connectivity index (χ3v) is 3.93. The Morgan fingerprint density at radius 3 is 2.56 bits per heavy atom. The van der Waals surface area contributed by atoms with Gasteiger partial charge in [0.2, 0.25) is 0 Å². The van der Waals surface area contributed by atoms with E-state index in [-0.39, 0.29) is 10.6 Å². The van der Waals surface area contributed by atoms with Gasteiger partial charge in [-0.2, -0.15) is 0 Å². The molecule has 6 heteroatoms. The first-order chi connectivity index (χ1) is 8.30. The smallest absolute Gasteiger partial charge is 0.265 e. The minimum Gasteiger partial charge on any atom is -0.492 e. The summed E-state index contributed by atoms with van der Waals surface area (Å²) >= 11 is 5.75. The number of hydrogen-bond donors (Lipinski definition) is 0. The quantitative estimate of drug-likeness (QED) is 0.587. The fourth-order valence-electron chi connectivity index (χ4n) is 1.47. The molecule has 1 rings (SSSR count). The van der Waals surface area contributed by atoms with Gasteiger partial charge in [-0.15, -0.1) is 0 Å². The van der Waals surface area contributed by atoms with Crippen LogP contribution in [0.5, 0.6) is 5.75 Å². The fourth-order valence-corrected chi connectivity index (χ4v) is 2.70. The molecule has 0 N–H and O–H groups in total. The molecule has 0 atom stereocenters. The van der Waals surface area contributed by atoms with E-state index in [2.05, 4.69) is 13.8 Å². The molecular formula is C12H16Cl2O3S. The Balaban J connectivity index is 2.77. The van der Waals surface area contributed by atoms with Crippen molar-refractivity contribution in [3.05, 3.63) is 23.2 Å². The van der Waals surface area contributed by atoms with Crippen LogP contribution in [-0.4, -0.2) is 15.0 Å². The molecule has 0 saturated carbocycles. The first-order valence-electron chi connectivity index (χ1n) is 5.67. The zero-order valence-corrected chi connectivity index (χ0v) is 12.6. The highest BCUT2D eigenvalue weighted by Crippen LogP contribution is 2.30. The lowest BCUT2D eigenvalue weighted by atomic mass is 10.1. The van der Waals surface area contributed by atoms with Crippen LogP contribution in [0.25, 0.3) is 0 Å². The van der Waals surface area contributed by atoms with E-state index in [9.17, 15) is 8.42 Å². The summed E-state index contributed by atoms with van der Waals surface area (Å²) in [5.41, 5.74) is 0. The van der Waals surface area contributed by atoms with Gasteiger partial charge in [-0.25, -0.2) is 8.42 Å². The number of halogens is 2. The van der Waals surface area contributed by atoms with Crippen molar-refractivity contribution in [2.45, 2.75) is 31.6 Å². The molecule has 0 aromatic heterocycles. The highest BCUT2D eigenvalue weighted by molar-refractivity contribution is 8.13. The van der Waals surface area contributed by atoms with Crippen LogP contribution in [0, 0.1) is 5.92 Å². The van der Waals surface area contributed by atoms with Crippen molar-refractivity contribution in [1.82, 2.24) is 0 Å². The Labute approximate surface area is 117 Å². The van der Waals surface area contributed by atoms with Gasteiger partial charge < -0.3 is 4.74 Å². The predicted octanol–water partition coefficient (Wildman–Crippen LogP) is 4.08. The molecule has 0 unspecified atom stereocenters. The van der Waals surface area contributed by atoms with E-state index in [1.165, 1.54) is 12.1 Å². The van der Waals surface area contributed by atoms with Crippen molar-refractivity contribution in [3.63, 3.8) is 0 Å². The fraction of sp³-hybridized carbons (Fsp3) is 0.500. The van der Waals surface area contributed by atoms with Gasteiger partial charge in [-0.3, -0.25) is 0 Å². The number of rotatable bonds is 6. The van der Waals surface area contributed by atoms with Crippen molar-refractivity contribution in [2.24, 2.45) is 5.92 Å². The zero-order valence-electron chi connectivity index (χ0n) is 10.3. The molecule has 0 aliphatic carbocycles. The number of ether oxygens (including phenoxy) is 1. The molecule has 0 fully saturated rings. The molecule has 0 aliphatic rings. The van der Waals surface area contributed by atoms with Crippen LogP contribution < -0.4 is 4.74 Å². The summed E-state index contributed by atoms with van der Waals surface area (Å²) in [6.45, 7) is 4.70. The summed E-state index contributed by atoms with van der Waals surface area (Å²) in [5.74, 6) is 0.841. The maximum Gasteiger partial charge on any atom is 0.265 e. The van der Waals surface area contributed by atoms with Crippen molar-refractivity contribution in [3.8, 4) is 5.75 Å². The van der Waals surface area contributed by atoms with E-state index in [1.807, 2.05) is 0 Å². The van der Waals surface area contributed by atoms with Crippen LogP contribution in [0.3, 0.4) is 0 Å². The SMILES string of the molecule is CC(C)CCCOc1ccc(Cl)cc1S(=O)(=O)Cl.